The second kappa shape index (κ2) is 8.21. The highest BCUT2D eigenvalue weighted by atomic mass is 16.3. The molecule has 1 aromatic carbocycles. The monoisotopic (exact) mass is 398 g/mol. The highest BCUT2D eigenvalue weighted by molar-refractivity contribution is 6.07. The van der Waals surface area contributed by atoms with Crippen molar-refractivity contribution in [2.24, 2.45) is 5.92 Å². The first-order valence-corrected chi connectivity index (χ1v) is 9.88. The topological polar surface area (TPSA) is 105 Å². The summed E-state index contributed by atoms with van der Waals surface area (Å²) in [6.07, 6.45) is 0.714. The molecule has 1 N–H and O–H groups in total. The highest BCUT2D eigenvalue weighted by Crippen LogP contribution is 2.38. The lowest BCUT2D eigenvalue weighted by Crippen LogP contribution is -2.58. The van der Waals surface area contributed by atoms with Crippen molar-refractivity contribution in [1.82, 2.24) is 14.7 Å². The van der Waals surface area contributed by atoms with Crippen LogP contribution in [0.3, 0.4) is 0 Å². The summed E-state index contributed by atoms with van der Waals surface area (Å²) < 4.78 is 0. The minimum atomic E-state index is -0.957. The van der Waals surface area contributed by atoms with Crippen molar-refractivity contribution in [3.8, 4) is 6.07 Å². The van der Waals surface area contributed by atoms with Gasteiger partial charge in [0.1, 0.15) is 5.54 Å². The summed E-state index contributed by atoms with van der Waals surface area (Å²) in [6.45, 7) is 4.82. The molecule has 2 aliphatic rings. The van der Waals surface area contributed by atoms with Gasteiger partial charge in [-0.3, -0.25) is 14.5 Å². The van der Waals surface area contributed by atoms with Crippen molar-refractivity contribution in [3.05, 3.63) is 35.4 Å². The van der Waals surface area contributed by atoms with Crippen LogP contribution < -0.4 is 0 Å². The lowest BCUT2D eigenvalue weighted by Gasteiger charge is -2.42. The molecule has 8 heteroatoms. The molecule has 29 heavy (non-hydrogen) atoms. The smallest absolute Gasteiger partial charge is 0.327 e. The highest BCUT2D eigenvalue weighted by Gasteiger charge is 2.58. The molecule has 2 saturated heterocycles. The third-order valence-corrected chi connectivity index (χ3v) is 5.61. The zero-order chi connectivity index (χ0) is 21.2. The molecule has 0 radical (unpaired) electrons. The Hall–Kier alpha value is -2.92. The van der Waals surface area contributed by atoms with Gasteiger partial charge in [0.15, 0.2) is 0 Å². The second-order valence-electron chi connectivity index (χ2n) is 7.98. The van der Waals surface area contributed by atoms with Gasteiger partial charge in [-0.1, -0.05) is 19.9 Å². The number of nitrogens with zero attached hydrogens (tertiary/aromatic N) is 4. The Morgan fingerprint density at radius 2 is 1.97 bits per heavy atom. The predicted octanol–water partition coefficient (Wildman–Crippen LogP) is 1.45. The van der Waals surface area contributed by atoms with E-state index < -0.39 is 5.54 Å². The van der Waals surface area contributed by atoms with E-state index in [4.69, 9.17) is 5.26 Å². The Kier molecular flexibility index (Phi) is 5.89. The van der Waals surface area contributed by atoms with E-state index in [-0.39, 0.29) is 36.9 Å². The Morgan fingerprint density at radius 1 is 1.28 bits per heavy atom. The number of rotatable bonds is 5. The molecular weight excluding hydrogens is 372 g/mol. The van der Waals surface area contributed by atoms with Crippen LogP contribution in [0, 0.1) is 17.2 Å². The van der Waals surface area contributed by atoms with Crippen LogP contribution >= 0.6 is 0 Å². The fraction of sp³-hybridized carbons (Fsp3) is 0.524. The van der Waals surface area contributed by atoms with Gasteiger partial charge in [0.2, 0.25) is 0 Å². The van der Waals surface area contributed by atoms with Gasteiger partial charge in [-0.05, 0) is 37.0 Å². The Labute approximate surface area is 170 Å². The van der Waals surface area contributed by atoms with Crippen LogP contribution in [0.1, 0.15) is 42.6 Å². The van der Waals surface area contributed by atoms with Crippen LogP contribution in [0.4, 0.5) is 4.79 Å². The summed E-state index contributed by atoms with van der Waals surface area (Å²) in [4.78, 5) is 43.2. The number of benzene rings is 1. The number of nitriles is 1. The lowest BCUT2D eigenvalue weighted by molar-refractivity contribution is -0.135. The zero-order valence-corrected chi connectivity index (χ0v) is 16.8. The standard InChI is InChI=1S/C21H26N4O4/c1-15(2)14-25-20(29)24(10-11-26)19(28)21(25)6-8-23(9-7-21)18(27)17-5-3-4-16(12-17)13-22/h3-5,12,15,26H,6-11,14H2,1-2H3. The maximum atomic E-state index is 13.1. The van der Waals surface area contributed by atoms with Crippen LogP contribution in [0.5, 0.6) is 0 Å². The molecular formula is C21H26N4O4. The first kappa shape index (κ1) is 20.8. The lowest BCUT2D eigenvalue weighted by atomic mass is 9.85. The van der Waals surface area contributed by atoms with Gasteiger partial charge in [-0.15, -0.1) is 0 Å². The summed E-state index contributed by atoms with van der Waals surface area (Å²) >= 11 is 0. The van der Waals surface area contributed by atoms with E-state index in [0.29, 0.717) is 43.6 Å². The molecule has 154 valence electrons. The van der Waals surface area contributed by atoms with Crippen molar-refractivity contribution in [3.63, 3.8) is 0 Å². The number of amides is 4. The SMILES string of the molecule is CC(C)CN1C(=O)N(CCO)C(=O)C12CCN(C(=O)c1cccc(C#N)c1)CC2. The van der Waals surface area contributed by atoms with Gasteiger partial charge in [-0.2, -0.15) is 5.26 Å². The third kappa shape index (κ3) is 3.70. The number of piperidine rings is 1. The maximum Gasteiger partial charge on any atom is 0.327 e. The number of urea groups is 1. The van der Waals surface area contributed by atoms with Crippen LogP contribution in [0.25, 0.3) is 0 Å². The summed E-state index contributed by atoms with van der Waals surface area (Å²) in [5, 5.41) is 18.3. The number of carbonyl (C=O) groups is 3. The number of aliphatic hydroxyl groups excluding tert-OH is 1. The van der Waals surface area contributed by atoms with Crippen molar-refractivity contribution in [2.75, 3.05) is 32.8 Å². The van der Waals surface area contributed by atoms with E-state index in [1.807, 2.05) is 19.9 Å². The molecule has 1 aromatic rings. The minimum Gasteiger partial charge on any atom is -0.395 e. The quantitative estimate of drug-likeness (QED) is 0.756. The second-order valence-corrected chi connectivity index (χ2v) is 7.98. The normalized spacial score (nSPS) is 18.7. The molecule has 0 saturated carbocycles. The van der Waals surface area contributed by atoms with E-state index in [1.165, 1.54) is 0 Å². The van der Waals surface area contributed by atoms with E-state index in [1.54, 1.807) is 34.1 Å². The van der Waals surface area contributed by atoms with Crippen LogP contribution in [-0.4, -0.2) is 76.0 Å². The van der Waals surface area contributed by atoms with E-state index >= 15 is 0 Å². The molecule has 2 aliphatic heterocycles. The molecule has 3 rings (SSSR count). The molecule has 1 spiro atoms. The van der Waals surface area contributed by atoms with Gasteiger partial charge in [0.05, 0.1) is 24.8 Å². The molecule has 0 atom stereocenters. The van der Waals surface area contributed by atoms with Gasteiger partial charge < -0.3 is 14.9 Å². The summed E-state index contributed by atoms with van der Waals surface area (Å²) in [6, 6.07) is 8.22. The zero-order valence-electron chi connectivity index (χ0n) is 16.8. The number of aliphatic hydroxyl groups is 1. The van der Waals surface area contributed by atoms with Crippen LogP contribution in [-0.2, 0) is 4.79 Å². The van der Waals surface area contributed by atoms with Gasteiger partial charge in [0, 0.05) is 25.2 Å². The summed E-state index contributed by atoms with van der Waals surface area (Å²) in [5.41, 5.74) is -0.0969. The molecule has 0 unspecified atom stereocenters. The van der Waals surface area contributed by atoms with Crippen molar-refractivity contribution >= 4 is 17.8 Å². The number of imide groups is 1. The fourth-order valence-corrected chi connectivity index (χ4v) is 4.17. The number of hydrogen-bond donors (Lipinski definition) is 1. The van der Waals surface area contributed by atoms with Crippen molar-refractivity contribution < 1.29 is 19.5 Å². The van der Waals surface area contributed by atoms with Crippen LogP contribution in [0.15, 0.2) is 24.3 Å². The number of hydrogen-bond acceptors (Lipinski definition) is 5. The van der Waals surface area contributed by atoms with Crippen molar-refractivity contribution in [2.45, 2.75) is 32.2 Å². The number of β-amino-alcohol motifs (C(OH)–C–C–N with tert-alkyl or cyclic N) is 1. The molecule has 8 nitrogen and oxygen atoms in total. The summed E-state index contributed by atoms with van der Waals surface area (Å²) in [7, 11) is 0. The first-order chi connectivity index (χ1) is 13.8. The number of likely N-dealkylation sites (tertiary alicyclic amines) is 1. The minimum absolute atomic E-state index is 0.0163. The molecule has 2 fully saturated rings. The van der Waals surface area contributed by atoms with E-state index in [0.717, 1.165) is 4.90 Å². The molecule has 0 aromatic heterocycles. The Bertz CT molecular complexity index is 852. The number of carbonyl (C=O) groups excluding carboxylic acids is 3. The van der Waals surface area contributed by atoms with E-state index in [2.05, 4.69) is 0 Å². The van der Waals surface area contributed by atoms with Gasteiger partial charge in [-0.25, -0.2) is 4.79 Å². The Morgan fingerprint density at radius 3 is 2.55 bits per heavy atom. The first-order valence-electron chi connectivity index (χ1n) is 9.88. The molecule has 0 aliphatic carbocycles. The van der Waals surface area contributed by atoms with Gasteiger partial charge >= 0.3 is 6.03 Å². The van der Waals surface area contributed by atoms with Crippen molar-refractivity contribution in [1.29, 1.82) is 5.26 Å². The van der Waals surface area contributed by atoms with Crippen LogP contribution in [0.2, 0.25) is 0 Å². The average molecular weight is 398 g/mol. The fourth-order valence-electron chi connectivity index (χ4n) is 4.17. The molecule has 2 heterocycles. The molecule has 4 amide bonds. The van der Waals surface area contributed by atoms with Gasteiger partial charge in [0.25, 0.3) is 11.8 Å². The molecule has 0 bridgehead atoms. The Balaban J connectivity index is 1.80. The van der Waals surface area contributed by atoms with E-state index in [9.17, 15) is 19.5 Å². The summed E-state index contributed by atoms with van der Waals surface area (Å²) in [5.74, 6) is -0.279. The predicted molar refractivity (Wildman–Crippen MR) is 105 cm³/mol. The average Bonchev–Trinajstić information content (AvgIpc) is 2.90. The third-order valence-electron chi connectivity index (χ3n) is 5.61. The maximum absolute atomic E-state index is 13.1. The largest absolute Gasteiger partial charge is 0.395 e.